The van der Waals surface area contributed by atoms with Gasteiger partial charge in [0.25, 0.3) is 5.91 Å². The Balaban J connectivity index is 2.54. The van der Waals surface area contributed by atoms with Gasteiger partial charge in [-0.2, -0.15) is 0 Å². The molecule has 0 fully saturated rings. The molecule has 0 bridgehead atoms. The van der Waals surface area contributed by atoms with Gasteiger partial charge in [-0.25, -0.2) is 0 Å². The number of carbonyl (C=O) groups is 1. The molecule has 13 heavy (non-hydrogen) atoms. The molecular weight excluding hydrogens is 164 g/mol. The average Bonchev–Trinajstić information content (AvgIpc) is 2.15. The van der Waals surface area contributed by atoms with Crippen LogP contribution in [0, 0.1) is 0 Å². The van der Waals surface area contributed by atoms with E-state index in [0.29, 0.717) is 6.67 Å². The molecule has 1 aliphatic rings. The second kappa shape index (κ2) is 2.76. The minimum Gasteiger partial charge on any atom is -0.356 e. The van der Waals surface area contributed by atoms with E-state index < -0.39 is 0 Å². The van der Waals surface area contributed by atoms with Crippen LogP contribution in [0.4, 0.5) is 5.69 Å². The molecule has 0 aromatic heterocycles. The van der Waals surface area contributed by atoms with Crippen LogP contribution in [-0.4, -0.2) is 31.6 Å². The Morgan fingerprint density at radius 2 is 1.85 bits per heavy atom. The van der Waals surface area contributed by atoms with Crippen molar-refractivity contribution in [3.05, 3.63) is 29.8 Å². The Morgan fingerprint density at radius 1 is 1.15 bits per heavy atom. The zero-order valence-corrected chi connectivity index (χ0v) is 7.82. The third kappa shape index (κ3) is 1.16. The number of nitrogens with zero attached hydrogens (tertiary/aromatic N) is 2. The van der Waals surface area contributed by atoms with Crippen LogP contribution in [-0.2, 0) is 0 Å². The number of amides is 1. The molecule has 1 amide bonds. The first-order valence-corrected chi connectivity index (χ1v) is 4.26. The molecule has 0 saturated heterocycles. The zero-order valence-electron chi connectivity index (χ0n) is 7.82. The van der Waals surface area contributed by atoms with Crippen molar-refractivity contribution in [3.8, 4) is 0 Å². The van der Waals surface area contributed by atoms with Crippen molar-refractivity contribution in [1.82, 2.24) is 4.90 Å². The lowest BCUT2D eigenvalue weighted by molar-refractivity contribution is 0.0785. The van der Waals surface area contributed by atoms with E-state index in [1.165, 1.54) is 0 Å². The van der Waals surface area contributed by atoms with Crippen LogP contribution in [0.25, 0.3) is 0 Å². The van der Waals surface area contributed by atoms with E-state index in [-0.39, 0.29) is 5.91 Å². The van der Waals surface area contributed by atoms with E-state index in [0.717, 1.165) is 11.3 Å². The highest BCUT2D eigenvalue weighted by Gasteiger charge is 2.23. The summed E-state index contributed by atoms with van der Waals surface area (Å²) in [6.07, 6.45) is 0. The molecule has 1 heterocycles. The highest BCUT2D eigenvalue weighted by Crippen LogP contribution is 2.24. The first kappa shape index (κ1) is 8.10. The van der Waals surface area contributed by atoms with Crippen LogP contribution in [0.15, 0.2) is 24.3 Å². The normalized spacial score (nSPS) is 16.0. The summed E-state index contributed by atoms with van der Waals surface area (Å²) in [7, 11) is 3.80. The lowest BCUT2D eigenvalue weighted by Crippen LogP contribution is -2.42. The van der Waals surface area contributed by atoms with Gasteiger partial charge in [-0.05, 0) is 12.1 Å². The van der Waals surface area contributed by atoms with Crippen molar-refractivity contribution >= 4 is 11.6 Å². The maximum atomic E-state index is 11.7. The van der Waals surface area contributed by atoms with Crippen molar-refractivity contribution in [3.63, 3.8) is 0 Å². The van der Waals surface area contributed by atoms with E-state index in [4.69, 9.17) is 0 Å². The summed E-state index contributed by atoms with van der Waals surface area (Å²) in [5.74, 6) is 0.105. The largest absolute Gasteiger partial charge is 0.356 e. The molecule has 0 aliphatic carbocycles. The smallest absolute Gasteiger partial charge is 0.257 e. The summed E-state index contributed by atoms with van der Waals surface area (Å²) >= 11 is 0. The van der Waals surface area contributed by atoms with Gasteiger partial charge in [-0.15, -0.1) is 0 Å². The number of hydrogen-bond acceptors (Lipinski definition) is 2. The lowest BCUT2D eigenvalue weighted by atomic mass is 10.1. The van der Waals surface area contributed by atoms with Gasteiger partial charge < -0.3 is 9.80 Å². The van der Waals surface area contributed by atoms with Gasteiger partial charge in [-0.3, -0.25) is 4.79 Å². The van der Waals surface area contributed by atoms with Crippen LogP contribution >= 0.6 is 0 Å². The molecule has 3 heteroatoms. The second-order valence-electron chi connectivity index (χ2n) is 3.36. The predicted molar refractivity (Wildman–Crippen MR) is 51.8 cm³/mol. The maximum absolute atomic E-state index is 11.7. The number of benzene rings is 1. The number of para-hydroxylation sites is 1. The van der Waals surface area contributed by atoms with Gasteiger partial charge in [0, 0.05) is 14.1 Å². The quantitative estimate of drug-likeness (QED) is 0.592. The molecule has 0 saturated carbocycles. The fraction of sp³-hybridized carbons (Fsp3) is 0.300. The van der Waals surface area contributed by atoms with Gasteiger partial charge in [0.1, 0.15) is 0 Å². The topological polar surface area (TPSA) is 23.6 Å². The number of rotatable bonds is 0. The van der Waals surface area contributed by atoms with Crippen molar-refractivity contribution in [2.45, 2.75) is 0 Å². The van der Waals surface area contributed by atoms with Crippen LogP contribution in [0.5, 0.6) is 0 Å². The number of anilines is 1. The SMILES string of the molecule is CN1CN(C)c2ccccc2C1=O. The Morgan fingerprint density at radius 3 is 2.62 bits per heavy atom. The number of hydrogen-bond donors (Lipinski definition) is 0. The summed E-state index contributed by atoms with van der Waals surface area (Å²) in [6, 6.07) is 7.68. The van der Waals surface area contributed by atoms with Crippen LogP contribution < -0.4 is 4.90 Å². The molecule has 0 N–H and O–H groups in total. The van der Waals surface area contributed by atoms with Crippen LogP contribution in [0.1, 0.15) is 10.4 Å². The van der Waals surface area contributed by atoms with Crippen molar-refractivity contribution < 1.29 is 4.79 Å². The van der Waals surface area contributed by atoms with E-state index in [1.807, 2.05) is 38.4 Å². The molecule has 0 radical (unpaired) electrons. The summed E-state index contributed by atoms with van der Waals surface area (Å²) in [5, 5.41) is 0. The minimum atomic E-state index is 0.105. The highest BCUT2D eigenvalue weighted by molar-refractivity contribution is 6.01. The Kier molecular flexibility index (Phi) is 1.72. The van der Waals surface area contributed by atoms with Gasteiger partial charge in [0.15, 0.2) is 0 Å². The molecule has 1 aromatic carbocycles. The van der Waals surface area contributed by atoms with Gasteiger partial charge in [-0.1, -0.05) is 12.1 Å². The van der Waals surface area contributed by atoms with E-state index in [2.05, 4.69) is 4.90 Å². The molecule has 1 aromatic rings. The third-order valence-corrected chi connectivity index (χ3v) is 2.32. The first-order chi connectivity index (χ1) is 6.20. The Bertz CT molecular complexity index is 349. The molecular formula is C10H12N2O. The molecule has 1 aliphatic heterocycles. The first-order valence-electron chi connectivity index (χ1n) is 4.26. The van der Waals surface area contributed by atoms with E-state index in [1.54, 1.807) is 4.90 Å². The number of carbonyl (C=O) groups excluding carboxylic acids is 1. The molecule has 0 spiro atoms. The molecule has 3 nitrogen and oxygen atoms in total. The Hall–Kier alpha value is -1.51. The van der Waals surface area contributed by atoms with Gasteiger partial charge in [0.05, 0.1) is 17.9 Å². The summed E-state index contributed by atoms with van der Waals surface area (Å²) < 4.78 is 0. The lowest BCUT2D eigenvalue weighted by Gasteiger charge is -2.33. The summed E-state index contributed by atoms with van der Waals surface area (Å²) in [4.78, 5) is 15.4. The second-order valence-corrected chi connectivity index (χ2v) is 3.36. The highest BCUT2D eigenvalue weighted by atomic mass is 16.2. The maximum Gasteiger partial charge on any atom is 0.257 e. The summed E-state index contributed by atoms with van der Waals surface area (Å²) in [6.45, 7) is 0.663. The van der Waals surface area contributed by atoms with E-state index in [9.17, 15) is 4.79 Å². The van der Waals surface area contributed by atoms with Crippen molar-refractivity contribution in [2.75, 3.05) is 25.7 Å². The monoisotopic (exact) mass is 176 g/mol. The zero-order chi connectivity index (χ0) is 9.42. The third-order valence-electron chi connectivity index (χ3n) is 2.32. The van der Waals surface area contributed by atoms with Gasteiger partial charge in [0.2, 0.25) is 0 Å². The summed E-state index contributed by atoms with van der Waals surface area (Å²) in [5.41, 5.74) is 1.81. The minimum absolute atomic E-state index is 0.105. The number of fused-ring (bicyclic) bond motifs is 1. The fourth-order valence-corrected chi connectivity index (χ4v) is 1.65. The van der Waals surface area contributed by atoms with Crippen LogP contribution in [0.2, 0.25) is 0 Å². The molecule has 2 rings (SSSR count). The average molecular weight is 176 g/mol. The standard InChI is InChI=1S/C10H12N2O/c1-11-7-12(2)10(13)8-5-3-4-6-9(8)11/h3-6H,7H2,1-2H3. The molecule has 0 unspecified atom stereocenters. The van der Waals surface area contributed by atoms with Crippen molar-refractivity contribution in [2.24, 2.45) is 0 Å². The predicted octanol–water partition coefficient (Wildman–Crippen LogP) is 1.17. The molecule has 0 atom stereocenters. The Labute approximate surface area is 77.6 Å². The van der Waals surface area contributed by atoms with Gasteiger partial charge >= 0.3 is 0 Å². The van der Waals surface area contributed by atoms with Crippen molar-refractivity contribution in [1.29, 1.82) is 0 Å². The van der Waals surface area contributed by atoms with Crippen LogP contribution in [0.3, 0.4) is 0 Å². The molecule has 68 valence electrons. The van der Waals surface area contributed by atoms with E-state index >= 15 is 0 Å². The fourth-order valence-electron chi connectivity index (χ4n) is 1.65.